The maximum Gasteiger partial charge on any atom is 0.237 e. The SMILES string of the molecule is CCn1cnnc1SCC(=O)N1CCc2ccccc21. The van der Waals surface area contributed by atoms with Crippen molar-refractivity contribution in [2.45, 2.75) is 25.0 Å². The van der Waals surface area contributed by atoms with Crippen molar-refractivity contribution in [2.75, 3.05) is 17.2 Å². The standard InChI is InChI=1S/C14H16N4OS/c1-2-17-10-15-16-14(17)20-9-13(19)18-8-7-11-5-3-4-6-12(11)18/h3-6,10H,2,7-9H2,1H3. The van der Waals surface area contributed by atoms with Crippen molar-refractivity contribution < 1.29 is 4.79 Å². The lowest BCUT2D eigenvalue weighted by Crippen LogP contribution is -2.30. The number of para-hydroxylation sites is 1. The molecule has 104 valence electrons. The Balaban J connectivity index is 1.66. The first-order valence-corrected chi connectivity index (χ1v) is 7.67. The Morgan fingerprint density at radius 1 is 1.40 bits per heavy atom. The molecule has 0 bridgehead atoms. The highest BCUT2D eigenvalue weighted by molar-refractivity contribution is 7.99. The lowest BCUT2D eigenvalue weighted by Gasteiger charge is -2.16. The van der Waals surface area contributed by atoms with Gasteiger partial charge in [0.15, 0.2) is 5.16 Å². The summed E-state index contributed by atoms with van der Waals surface area (Å²) in [5.74, 6) is 0.526. The number of rotatable bonds is 4. The third-order valence-corrected chi connectivity index (χ3v) is 4.40. The zero-order chi connectivity index (χ0) is 13.9. The van der Waals surface area contributed by atoms with Gasteiger partial charge in [0.1, 0.15) is 6.33 Å². The summed E-state index contributed by atoms with van der Waals surface area (Å²) in [6.07, 6.45) is 2.63. The van der Waals surface area contributed by atoms with E-state index in [0.717, 1.165) is 30.4 Å². The summed E-state index contributed by atoms with van der Waals surface area (Å²) in [5.41, 5.74) is 2.30. The van der Waals surface area contributed by atoms with Crippen LogP contribution in [0.2, 0.25) is 0 Å². The van der Waals surface area contributed by atoms with Crippen LogP contribution >= 0.6 is 11.8 Å². The van der Waals surface area contributed by atoms with Crippen LogP contribution in [0, 0.1) is 0 Å². The van der Waals surface area contributed by atoms with E-state index in [1.165, 1.54) is 17.3 Å². The molecule has 0 spiro atoms. The van der Waals surface area contributed by atoms with E-state index in [0.29, 0.717) is 5.75 Å². The van der Waals surface area contributed by atoms with E-state index in [4.69, 9.17) is 0 Å². The summed E-state index contributed by atoms with van der Waals surface area (Å²) in [6.45, 7) is 3.63. The zero-order valence-electron chi connectivity index (χ0n) is 11.3. The third-order valence-electron chi connectivity index (χ3n) is 3.43. The number of carbonyl (C=O) groups is 1. The highest BCUT2D eigenvalue weighted by atomic mass is 32.2. The zero-order valence-corrected chi connectivity index (χ0v) is 12.1. The molecule has 5 nitrogen and oxygen atoms in total. The van der Waals surface area contributed by atoms with Gasteiger partial charge in [0.2, 0.25) is 5.91 Å². The van der Waals surface area contributed by atoms with Crippen LogP contribution in [0.25, 0.3) is 0 Å². The van der Waals surface area contributed by atoms with Crippen LogP contribution in [0.3, 0.4) is 0 Å². The lowest BCUT2D eigenvalue weighted by atomic mass is 10.2. The van der Waals surface area contributed by atoms with Crippen LogP contribution in [0.1, 0.15) is 12.5 Å². The number of aromatic nitrogens is 3. The molecule has 2 aromatic rings. The van der Waals surface area contributed by atoms with Crippen molar-refractivity contribution >= 4 is 23.4 Å². The van der Waals surface area contributed by atoms with Gasteiger partial charge < -0.3 is 9.47 Å². The number of fused-ring (bicyclic) bond motifs is 1. The molecule has 3 rings (SSSR count). The monoisotopic (exact) mass is 288 g/mol. The van der Waals surface area contributed by atoms with Gasteiger partial charge in [-0.05, 0) is 25.0 Å². The Morgan fingerprint density at radius 3 is 3.10 bits per heavy atom. The van der Waals surface area contributed by atoms with E-state index in [1.54, 1.807) is 6.33 Å². The van der Waals surface area contributed by atoms with Gasteiger partial charge in [-0.2, -0.15) is 0 Å². The Labute approximate surface area is 122 Å². The fourth-order valence-electron chi connectivity index (χ4n) is 2.37. The normalized spacial score (nSPS) is 13.6. The highest BCUT2D eigenvalue weighted by Crippen LogP contribution is 2.28. The van der Waals surface area contributed by atoms with Crippen molar-refractivity contribution in [2.24, 2.45) is 0 Å². The molecule has 0 fully saturated rings. The molecule has 1 aliphatic heterocycles. The molecule has 0 N–H and O–H groups in total. The van der Waals surface area contributed by atoms with Crippen LogP contribution < -0.4 is 4.90 Å². The first-order chi connectivity index (χ1) is 9.79. The van der Waals surface area contributed by atoms with Gasteiger partial charge in [-0.1, -0.05) is 30.0 Å². The van der Waals surface area contributed by atoms with Crippen LogP contribution in [0.5, 0.6) is 0 Å². The summed E-state index contributed by atoms with van der Waals surface area (Å²) >= 11 is 1.45. The van der Waals surface area contributed by atoms with Crippen LogP contribution in [-0.2, 0) is 17.8 Å². The van der Waals surface area contributed by atoms with Gasteiger partial charge in [-0.15, -0.1) is 10.2 Å². The number of aryl methyl sites for hydroxylation is 1. The summed E-state index contributed by atoms with van der Waals surface area (Å²) in [7, 11) is 0. The second-order valence-electron chi connectivity index (χ2n) is 4.61. The Bertz CT molecular complexity index is 625. The molecule has 1 amide bonds. The predicted octanol–water partition coefficient (Wildman–Crippen LogP) is 1.98. The molecule has 20 heavy (non-hydrogen) atoms. The predicted molar refractivity (Wildman–Crippen MR) is 78.9 cm³/mol. The first kappa shape index (κ1) is 13.2. The van der Waals surface area contributed by atoms with Gasteiger partial charge in [0, 0.05) is 18.8 Å². The maximum absolute atomic E-state index is 12.4. The summed E-state index contributed by atoms with van der Waals surface area (Å²) in [4.78, 5) is 14.2. The molecule has 0 radical (unpaired) electrons. The highest BCUT2D eigenvalue weighted by Gasteiger charge is 2.24. The molecule has 0 saturated heterocycles. The molecule has 0 atom stereocenters. The van der Waals surface area contributed by atoms with Crippen molar-refractivity contribution in [1.29, 1.82) is 0 Å². The molecule has 1 aromatic heterocycles. The molecular formula is C14H16N4OS. The smallest absolute Gasteiger partial charge is 0.237 e. The number of benzene rings is 1. The molecule has 1 aliphatic rings. The van der Waals surface area contributed by atoms with E-state index < -0.39 is 0 Å². The van der Waals surface area contributed by atoms with Gasteiger partial charge in [0.25, 0.3) is 0 Å². The summed E-state index contributed by atoms with van der Waals surface area (Å²) < 4.78 is 1.94. The first-order valence-electron chi connectivity index (χ1n) is 6.68. The molecule has 2 heterocycles. The molecule has 1 aromatic carbocycles. The summed E-state index contributed by atoms with van der Waals surface area (Å²) in [5, 5.41) is 8.71. The topological polar surface area (TPSA) is 51.0 Å². The number of amides is 1. The van der Waals surface area contributed by atoms with E-state index >= 15 is 0 Å². The largest absolute Gasteiger partial charge is 0.311 e. The number of nitrogens with zero attached hydrogens (tertiary/aromatic N) is 4. The fourth-order valence-corrected chi connectivity index (χ4v) is 3.23. The number of hydrogen-bond donors (Lipinski definition) is 0. The van der Waals surface area contributed by atoms with E-state index in [9.17, 15) is 4.79 Å². The third kappa shape index (κ3) is 2.43. The van der Waals surface area contributed by atoms with E-state index in [-0.39, 0.29) is 5.91 Å². The average Bonchev–Trinajstić information content (AvgIpc) is 3.11. The Hall–Kier alpha value is -1.82. The van der Waals surface area contributed by atoms with E-state index in [1.807, 2.05) is 34.6 Å². The molecule has 0 unspecified atom stereocenters. The van der Waals surface area contributed by atoms with Crippen molar-refractivity contribution in [1.82, 2.24) is 14.8 Å². The Morgan fingerprint density at radius 2 is 2.25 bits per heavy atom. The minimum atomic E-state index is 0.130. The second kappa shape index (κ2) is 5.66. The molecule has 0 saturated carbocycles. The Kier molecular flexibility index (Phi) is 3.73. The second-order valence-corrected chi connectivity index (χ2v) is 5.55. The number of anilines is 1. The number of hydrogen-bond acceptors (Lipinski definition) is 4. The quantitative estimate of drug-likeness (QED) is 0.807. The van der Waals surface area contributed by atoms with Gasteiger partial charge in [-0.3, -0.25) is 4.79 Å². The molecule has 6 heteroatoms. The maximum atomic E-state index is 12.4. The number of thioether (sulfide) groups is 1. The van der Waals surface area contributed by atoms with Gasteiger partial charge in [0.05, 0.1) is 5.75 Å². The average molecular weight is 288 g/mol. The van der Waals surface area contributed by atoms with Crippen molar-refractivity contribution in [3.05, 3.63) is 36.2 Å². The molecule has 0 aliphatic carbocycles. The van der Waals surface area contributed by atoms with Gasteiger partial charge >= 0.3 is 0 Å². The minimum absolute atomic E-state index is 0.130. The minimum Gasteiger partial charge on any atom is -0.311 e. The van der Waals surface area contributed by atoms with Crippen LogP contribution in [0.4, 0.5) is 5.69 Å². The number of carbonyl (C=O) groups excluding carboxylic acids is 1. The molecular weight excluding hydrogens is 272 g/mol. The fraction of sp³-hybridized carbons (Fsp3) is 0.357. The lowest BCUT2D eigenvalue weighted by molar-refractivity contribution is -0.116. The van der Waals surface area contributed by atoms with Crippen LogP contribution in [-0.4, -0.2) is 33.0 Å². The van der Waals surface area contributed by atoms with Crippen molar-refractivity contribution in [3.63, 3.8) is 0 Å². The summed E-state index contributed by atoms with van der Waals surface area (Å²) in [6, 6.07) is 8.10. The van der Waals surface area contributed by atoms with Gasteiger partial charge in [-0.25, -0.2) is 0 Å². The van der Waals surface area contributed by atoms with E-state index in [2.05, 4.69) is 16.3 Å². The van der Waals surface area contributed by atoms with Crippen molar-refractivity contribution in [3.8, 4) is 0 Å². The van der Waals surface area contributed by atoms with Crippen LogP contribution in [0.15, 0.2) is 35.7 Å².